The third kappa shape index (κ3) is 3.72. The van der Waals surface area contributed by atoms with E-state index in [4.69, 9.17) is 0 Å². The van der Waals surface area contributed by atoms with Crippen molar-refractivity contribution in [2.24, 2.45) is 0 Å². The van der Waals surface area contributed by atoms with E-state index in [2.05, 4.69) is 15.0 Å². The van der Waals surface area contributed by atoms with Gasteiger partial charge in [0.2, 0.25) is 0 Å². The molecule has 5 aromatic rings. The molecule has 0 aliphatic rings. The SMILES string of the molecule is O=c1ccc2cnc3ccc(-c4cncc(CO)c4)nc3c2n1-c1cccc(C(F)(F)F)c1. The number of aliphatic hydroxyl groups is 1. The van der Waals surface area contributed by atoms with E-state index < -0.39 is 17.3 Å². The average molecular weight is 448 g/mol. The Morgan fingerprint density at radius 1 is 0.970 bits per heavy atom. The number of rotatable bonds is 3. The number of aromatic nitrogens is 4. The topological polar surface area (TPSA) is 80.9 Å². The van der Waals surface area contributed by atoms with Crippen molar-refractivity contribution in [2.75, 3.05) is 0 Å². The lowest BCUT2D eigenvalue weighted by molar-refractivity contribution is -0.137. The second-order valence-corrected chi connectivity index (χ2v) is 7.42. The number of benzene rings is 1. The highest BCUT2D eigenvalue weighted by molar-refractivity contribution is 6.02. The van der Waals surface area contributed by atoms with Crippen molar-refractivity contribution in [2.45, 2.75) is 12.8 Å². The Morgan fingerprint density at radius 2 is 1.82 bits per heavy atom. The maximum Gasteiger partial charge on any atom is 0.416 e. The molecule has 1 N–H and O–H groups in total. The van der Waals surface area contributed by atoms with Gasteiger partial charge in [-0.1, -0.05) is 6.07 Å². The molecule has 164 valence electrons. The molecule has 0 atom stereocenters. The van der Waals surface area contributed by atoms with Crippen LogP contribution in [0.15, 0.2) is 78.0 Å². The molecule has 33 heavy (non-hydrogen) atoms. The molecule has 0 amide bonds. The minimum absolute atomic E-state index is 0.0732. The van der Waals surface area contributed by atoms with Crippen molar-refractivity contribution in [3.63, 3.8) is 0 Å². The van der Waals surface area contributed by atoms with Gasteiger partial charge in [-0.25, -0.2) is 4.98 Å². The Bertz CT molecular complexity index is 1580. The van der Waals surface area contributed by atoms with Gasteiger partial charge in [0, 0.05) is 41.3 Å². The lowest BCUT2D eigenvalue weighted by atomic mass is 10.1. The van der Waals surface area contributed by atoms with E-state index in [-0.39, 0.29) is 12.3 Å². The van der Waals surface area contributed by atoms with Crippen LogP contribution < -0.4 is 5.56 Å². The predicted octanol–water partition coefficient (Wildman–Crippen LogP) is 4.51. The first kappa shape index (κ1) is 20.8. The summed E-state index contributed by atoms with van der Waals surface area (Å²) in [7, 11) is 0. The van der Waals surface area contributed by atoms with Gasteiger partial charge >= 0.3 is 6.18 Å². The van der Waals surface area contributed by atoms with E-state index in [1.807, 2.05) is 0 Å². The Balaban J connectivity index is 1.83. The quantitative estimate of drug-likeness (QED) is 0.411. The van der Waals surface area contributed by atoms with Crippen molar-refractivity contribution in [3.8, 4) is 16.9 Å². The zero-order valence-corrected chi connectivity index (χ0v) is 16.9. The first-order valence-electron chi connectivity index (χ1n) is 9.89. The fraction of sp³-hybridized carbons (Fsp3) is 0.0833. The number of alkyl halides is 3. The smallest absolute Gasteiger partial charge is 0.392 e. The van der Waals surface area contributed by atoms with Crippen LogP contribution in [0, 0.1) is 0 Å². The number of nitrogens with zero attached hydrogens (tertiary/aromatic N) is 4. The van der Waals surface area contributed by atoms with Crippen LogP contribution in [0.25, 0.3) is 38.9 Å². The normalized spacial score (nSPS) is 11.9. The molecule has 6 nitrogen and oxygen atoms in total. The van der Waals surface area contributed by atoms with Gasteiger partial charge in [-0.05, 0) is 48.0 Å². The van der Waals surface area contributed by atoms with Crippen LogP contribution >= 0.6 is 0 Å². The van der Waals surface area contributed by atoms with Crippen molar-refractivity contribution in [1.82, 2.24) is 19.5 Å². The highest BCUT2D eigenvalue weighted by atomic mass is 19.4. The molecule has 0 aliphatic heterocycles. The number of halogens is 3. The molecule has 0 aliphatic carbocycles. The summed E-state index contributed by atoms with van der Waals surface area (Å²) in [5, 5.41) is 9.95. The summed E-state index contributed by atoms with van der Waals surface area (Å²) >= 11 is 0. The summed E-state index contributed by atoms with van der Waals surface area (Å²) < 4.78 is 41.2. The number of aliphatic hydroxyl groups excluding tert-OH is 1. The van der Waals surface area contributed by atoms with Gasteiger partial charge in [-0.2, -0.15) is 13.2 Å². The Labute approximate surface area is 184 Å². The molecule has 0 bridgehead atoms. The number of pyridine rings is 4. The molecule has 5 rings (SSSR count). The second-order valence-electron chi connectivity index (χ2n) is 7.42. The van der Waals surface area contributed by atoms with E-state index in [9.17, 15) is 23.1 Å². The molecule has 0 radical (unpaired) electrons. The molecule has 4 heterocycles. The Kier molecular flexibility index (Phi) is 4.90. The Morgan fingerprint density at radius 3 is 2.61 bits per heavy atom. The summed E-state index contributed by atoms with van der Waals surface area (Å²) in [4.78, 5) is 26.0. The van der Waals surface area contributed by atoms with E-state index in [1.165, 1.54) is 29.0 Å². The molecular formula is C24H15F3N4O2. The molecule has 0 saturated heterocycles. The Hall–Kier alpha value is -4.11. The van der Waals surface area contributed by atoms with Crippen LogP contribution in [0.1, 0.15) is 11.1 Å². The third-order valence-electron chi connectivity index (χ3n) is 5.27. The van der Waals surface area contributed by atoms with Crippen LogP contribution in [-0.2, 0) is 12.8 Å². The van der Waals surface area contributed by atoms with Crippen molar-refractivity contribution in [1.29, 1.82) is 0 Å². The van der Waals surface area contributed by atoms with E-state index >= 15 is 0 Å². The van der Waals surface area contributed by atoms with Crippen LogP contribution in [0.5, 0.6) is 0 Å². The van der Waals surface area contributed by atoms with Gasteiger partial charge in [0.15, 0.2) is 0 Å². The monoisotopic (exact) mass is 448 g/mol. The first-order valence-corrected chi connectivity index (χ1v) is 9.89. The van der Waals surface area contributed by atoms with Crippen LogP contribution in [0.3, 0.4) is 0 Å². The summed E-state index contributed by atoms with van der Waals surface area (Å²) in [6, 6.07) is 12.6. The summed E-state index contributed by atoms with van der Waals surface area (Å²) in [6.45, 7) is -0.187. The number of fused-ring (bicyclic) bond motifs is 3. The molecule has 1 aromatic carbocycles. The summed E-state index contributed by atoms with van der Waals surface area (Å²) in [5.41, 5.74) is 1.66. The van der Waals surface area contributed by atoms with Gasteiger partial charge in [0.1, 0.15) is 5.52 Å². The standard InChI is InChI=1S/C24H15F3N4O2/c25-24(26,27)17-2-1-3-18(9-17)31-21(33)7-4-15-12-29-20-6-5-19(30-22(20)23(15)31)16-8-14(13-32)10-28-11-16/h1-12,32H,13H2. The van der Waals surface area contributed by atoms with Crippen LogP contribution in [-0.4, -0.2) is 24.6 Å². The molecular weight excluding hydrogens is 433 g/mol. The zero-order chi connectivity index (χ0) is 23.2. The maximum atomic E-state index is 13.3. The van der Waals surface area contributed by atoms with Crippen molar-refractivity contribution < 1.29 is 18.3 Å². The van der Waals surface area contributed by atoms with Gasteiger partial charge in [-0.3, -0.25) is 19.3 Å². The largest absolute Gasteiger partial charge is 0.416 e. The van der Waals surface area contributed by atoms with Crippen molar-refractivity contribution in [3.05, 3.63) is 94.7 Å². The molecule has 9 heteroatoms. The predicted molar refractivity (Wildman–Crippen MR) is 117 cm³/mol. The van der Waals surface area contributed by atoms with E-state index in [1.54, 1.807) is 36.7 Å². The third-order valence-corrected chi connectivity index (χ3v) is 5.27. The molecule has 0 fully saturated rings. The number of hydrogen-bond donors (Lipinski definition) is 1. The summed E-state index contributed by atoms with van der Waals surface area (Å²) in [6.07, 6.45) is 0.124. The summed E-state index contributed by atoms with van der Waals surface area (Å²) in [5.74, 6) is 0. The van der Waals surface area contributed by atoms with Gasteiger partial charge in [-0.15, -0.1) is 0 Å². The van der Waals surface area contributed by atoms with E-state index in [0.717, 1.165) is 12.1 Å². The van der Waals surface area contributed by atoms with Crippen LogP contribution in [0.2, 0.25) is 0 Å². The van der Waals surface area contributed by atoms with Crippen molar-refractivity contribution >= 4 is 21.9 Å². The van der Waals surface area contributed by atoms with Crippen LogP contribution in [0.4, 0.5) is 13.2 Å². The molecule has 0 saturated carbocycles. The van der Waals surface area contributed by atoms with Gasteiger partial charge < -0.3 is 5.11 Å². The molecule has 0 unspecified atom stereocenters. The van der Waals surface area contributed by atoms with Gasteiger partial charge in [0.25, 0.3) is 5.56 Å². The average Bonchev–Trinajstić information content (AvgIpc) is 2.83. The number of hydrogen-bond acceptors (Lipinski definition) is 5. The fourth-order valence-electron chi connectivity index (χ4n) is 3.72. The fourth-order valence-corrected chi connectivity index (χ4v) is 3.72. The lowest BCUT2D eigenvalue weighted by Gasteiger charge is -2.14. The minimum atomic E-state index is -4.55. The van der Waals surface area contributed by atoms with Gasteiger partial charge in [0.05, 0.1) is 28.9 Å². The van der Waals surface area contributed by atoms with E-state index in [0.29, 0.717) is 38.8 Å². The second kappa shape index (κ2) is 7.79. The first-order chi connectivity index (χ1) is 15.8. The highest BCUT2D eigenvalue weighted by Crippen LogP contribution is 2.32. The maximum absolute atomic E-state index is 13.3. The highest BCUT2D eigenvalue weighted by Gasteiger charge is 2.30. The molecule has 0 spiro atoms. The minimum Gasteiger partial charge on any atom is -0.392 e. The molecule has 4 aromatic heterocycles. The zero-order valence-electron chi connectivity index (χ0n) is 16.9. The lowest BCUT2D eigenvalue weighted by Crippen LogP contribution is -2.18.